The van der Waals surface area contributed by atoms with Gasteiger partial charge in [0, 0.05) is 5.69 Å². The molecule has 0 aliphatic carbocycles. The Labute approximate surface area is 105 Å². The number of aryl methyl sites for hydroxylation is 2. The summed E-state index contributed by atoms with van der Waals surface area (Å²) in [4.78, 5) is 15.9. The van der Waals surface area contributed by atoms with E-state index in [1.165, 1.54) is 6.20 Å². The number of hydrogen-bond acceptors (Lipinski definition) is 4. The van der Waals surface area contributed by atoms with Crippen LogP contribution in [-0.2, 0) is 11.2 Å². The van der Waals surface area contributed by atoms with Crippen LogP contribution in [0.1, 0.15) is 17.1 Å². The van der Waals surface area contributed by atoms with Crippen molar-refractivity contribution in [3.05, 3.63) is 35.4 Å². The molecule has 0 bridgehead atoms. The summed E-state index contributed by atoms with van der Waals surface area (Å²) in [5.41, 5.74) is 9.14. The molecular formula is C12H15N5O. The fraction of sp³-hybridized carbons (Fsp3) is 0.250. The number of carbonyl (C=O) groups excluding carboxylic acids is 1. The van der Waals surface area contributed by atoms with Crippen molar-refractivity contribution in [2.75, 3.05) is 11.1 Å². The van der Waals surface area contributed by atoms with E-state index in [4.69, 9.17) is 5.73 Å². The zero-order valence-electron chi connectivity index (χ0n) is 10.3. The number of nitrogen functional groups attached to an aromatic ring is 1. The maximum atomic E-state index is 11.8. The van der Waals surface area contributed by atoms with Gasteiger partial charge >= 0.3 is 0 Å². The van der Waals surface area contributed by atoms with E-state index in [9.17, 15) is 4.79 Å². The van der Waals surface area contributed by atoms with Crippen LogP contribution in [0.2, 0.25) is 0 Å². The molecule has 2 aromatic heterocycles. The molecule has 6 nitrogen and oxygen atoms in total. The van der Waals surface area contributed by atoms with Crippen LogP contribution in [0.15, 0.2) is 18.3 Å². The first kappa shape index (κ1) is 12.1. The number of aromatic amines is 1. The molecular weight excluding hydrogens is 230 g/mol. The maximum Gasteiger partial charge on any atom is 0.230 e. The summed E-state index contributed by atoms with van der Waals surface area (Å²) in [6.45, 7) is 3.69. The van der Waals surface area contributed by atoms with Crippen LogP contribution >= 0.6 is 0 Å². The molecule has 0 aliphatic rings. The third-order valence-corrected chi connectivity index (χ3v) is 2.58. The summed E-state index contributed by atoms with van der Waals surface area (Å²) in [7, 11) is 0. The van der Waals surface area contributed by atoms with Gasteiger partial charge in [-0.05, 0) is 26.0 Å². The van der Waals surface area contributed by atoms with Gasteiger partial charge in [-0.15, -0.1) is 0 Å². The lowest BCUT2D eigenvalue weighted by molar-refractivity contribution is -0.115. The lowest BCUT2D eigenvalue weighted by Gasteiger charge is -2.05. The van der Waals surface area contributed by atoms with Gasteiger partial charge in [0.05, 0.1) is 35.4 Å². The minimum Gasteiger partial charge on any atom is -0.397 e. The van der Waals surface area contributed by atoms with Crippen LogP contribution in [0.25, 0.3) is 0 Å². The fourth-order valence-corrected chi connectivity index (χ4v) is 1.62. The van der Waals surface area contributed by atoms with Crippen molar-refractivity contribution < 1.29 is 4.79 Å². The molecule has 1 amide bonds. The Hall–Kier alpha value is -2.37. The van der Waals surface area contributed by atoms with Gasteiger partial charge in [-0.2, -0.15) is 5.10 Å². The molecule has 0 unspecified atom stereocenters. The lowest BCUT2D eigenvalue weighted by atomic mass is 10.2. The number of carbonyl (C=O) groups is 1. The van der Waals surface area contributed by atoms with Gasteiger partial charge in [0.1, 0.15) is 0 Å². The summed E-state index contributed by atoms with van der Waals surface area (Å²) < 4.78 is 0. The third-order valence-electron chi connectivity index (χ3n) is 2.58. The van der Waals surface area contributed by atoms with E-state index in [1.54, 1.807) is 12.1 Å². The molecule has 0 saturated heterocycles. The molecule has 2 aromatic rings. The summed E-state index contributed by atoms with van der Waals surface area (Å²) in [5.74, 6) is -0.125. The van der Waals surface area contributed by atoms with Crippen LogP contribution in [0.4, 0.5) is 11.4 Å². The molecule has 2 rings (SSSR count). The standard InChI is InChI=1S/C12H15N5O/c1-7-12(8(2)17-16-7)15-11(18)5-10-4-3-9(13)6-14-10/h3-4,6H,5,13H2,1-2H3,(H,15,18)(H,16,17). The van der Waals surface area contributed by atoms with Gasteiger partial charge in [-0.25, -0.2) is 0 Å². The van der Waals surface area contributed by atoms with Crippen molar-refractivity contribution in [3.8, 4) is 0 Å². The van der Waals surface area contributed by atoms with E-state index in [0.29, 0.717) is 11.4 Å². The predicted molar refractivity (Wildman–Crippen MR) is 69.0 cm³/mol. The van der Waals surface area contributed by atoms with Crippen LogP contribution < -0.4 is 11.1 Å². The maximum absolute atomic E-state index is 11.8. The second-order valence-corrected chi connectivity index (χ2v) is 4.12. The largest absolute Gasteiger partial charge is 0.397 e. The van der Waals surface area contributed by atoms with Gasteiger partial charge in [0.15, 0.2) is 0 Å². The van der Waals surface area contributed by atoms with Crippen LogP contribution in [0, 0.1) is 13.8 Å². The van der Waals surface area contributed by atoms with Crippen molar-refractivity contribution in [1.82, 2.24) is 15.2 Å². The number of amides is 1. The minimum absolute atomic E-state index is 0.125. The predicted octanol–water partition coefficient (Wildman–Crippen LogP) is 1.18. The smallest absolute Gasteiger partial charge is 0.230 e. The first-order chi connectivity index (χ1) is 8.56. The lowest BCUT2D eigenvalue weighted by Crippen LogP contribution is -2.16. The Balaban J connectivity index is 2.03. The number of rotatable bonds is 3. The van der Waals surface area contributed by atoms with Crippen molar-refractivity contribution in [2.45, 2.75) is 20.3 Å². The molecule has 0 spiro atoms. The summed E-state index contributed by atoms with van der Waals surface area (Å²) in [5, 5.41) is 9.65. The number of nitrogens with one attached hydrogen (secondary N) is 2. The topological polar surface area (TPSA) is 96.7 Å². The van der Waals surface area contributed by atoms with E-state index in [1.807, 2.05) is 13.8 Å². The molecule has 2 heterocycles. The molecule has 0 atom stereocenters. The Bertz CT molecular complexity index is 539. The first-order valence-corrected chi connectivity index (χ1v) is 5.58. The van der Waals surface area contributed by atoms with Gasteiger partial charge in [0.2, 0.25) is 5.91 Å². The average Bonchev–Trinajstić information content (AvgIpc) is 2.64. The molecule has 0 radical (unpaired) electrons. The zero-order valence-corrected chi connectivity index (χ0v) is 10.3. The number of nitrogens with two attached hydrogens (primary N) is 1. The van der Waals surface area contributed by atoms with Crippen LogP contribution in [0.5, 0.6) is 0 Å². The quantitative estimate of drug-likeness (QED) is 0.756. The molecule has 0 aromatic carbocycles. The highest BCUT2D eigenvalue weighted by Gasteiger charge is 2.11. The normalized spacial score (nSPS) is 10.3. The number of anilines is 2. The monoisotopic (exact) mass is 245 g/mol. The molecule has 0 fully saturated rings. The van der Waals surface area contributed by atoms with Gasteiger partial charge < -0.3 is 11.1 Å². The van der Waals surface area contributed by atoms with Crippen molar-refractivity contribution >= 4 is 17.3 Å². The highest BCUT2D eigenvalue weighted by molar-refractivity contribution is 5.93. The molecule has 6 heteroatoms. The van der Waals surface area contributed by atoms with E-state index >= 15 is 0 Å². The van der Waals surface area contributed by atoms with Crippen molar-refractivity contribution in [1.29, 1.82) is 0 Å². The summed E-state index contributed by atoms with van der Waals surface area (Å²) in [6.07, 6.45) is 1.75. The molecule has 4 N–H and O–H groups in total. The van der Waals surface area contributed by atoms with Crippen molar-refractivity contribution in [3.63, 3.8) is 0 Å². The summed E-state index contributed by atoms with van der Waals surface area (Å²) >= 11 is 0. The fourth-order valence-electron chi connectivity index (χ4n) is 1.62. The minimum atomic E-state index is -0.125. The van der Waals surface area contributed by atoms with E-state index in [-0.39, 0.29) is 12.3 Å². The SMILES string of the molecule is Cc1n[nH]c(C)c1NC(=O)Cc1ccc(N)cn1. The van der Waals surface area contributed by atoms with Crippen LogP contribution in [-0.4, -0.2) is 21.1 Å². The zero-order chi connectivity index (χ0) is 13.1. The van der Waals surface area contributed by atoms with Crippen molar-refractivity contribution in [2.24, 2.45) is 0 Å². The number of aromatic nitrogens is 3. The molecule has 0 aliphatic heterocycles. The number of pyridine rings is 1. The van der Waals surface area contributed by atoms with Gasteiger partial charge in [0.25, 0.3) is 0 Å². The molecule has 0 saturated carbocycles. The number of hydrogen-bond donors (Lipinski definition) is 3. The number of nitrogens with zero attached hydrogens (tertiary/aromatic N) is 2. The molecule has 94 valence electrons. The van der Waals surface area contributed by atoms with Gasteiger partial charge in [-0.3, -0.25) is 14.9 Å². The van der Waals surface area contributed by atoms with E-state index in [2.05, 4.69) is 20.5 Å². The highest BCUT2D eigenvalue weighted by atomic mass is 16.1. The van der Waals surface area contributed by atoms with E-state index in [0.717, 1.165) is 17.1 Å². The third kappa shape index (κ3) is 2.65. The Morgan fingerprint density at radius 1 is 1.44 bits per heavy atom. The second-order valence-electron chi connectivity index (χ2n) is 4.12. The van der Waals surface area contributed by atoms with Crippen LogP contribution in [0.3, 0.4) is 0 Å². The second kappa shape index (κ2) is 4.87. The Morgan fingerprint density at radius 2 is 2.22 bits per heavy atom. The average molecular weight is 245 g/mol. The van der Waals surface area contributed by atoms with E-state index < -0.39 is 0 Å². The number of H-pyrrole nitrogens is 1. The highest BCUT2D eigenvalue weighted by Crippen LogP contribution is 2.16. The molecule has 18 heavy (non-hydrogen) atoms. The Morgan fingerprint density at radius 3 is 2.78 bits per heavy atom. The summed E-state index contributed by atoms with van der Waals surface area (Å²) in [6, 6.07) is 3.47. The Kier molecular flexibility index (Phi) is 3.27. The first-order valence-electron chi connectivity index (χ1n) is 5.58. The van der Waals surface area contributed by atoms with Gasteiger partial charge in [-0.1, -0.05) is 0 Å².